The molecule has 2 N–H and O–H groups in total. The highest BCUT2D eigenvalue weighted by molar-refractivity contribution is 5.33. The molecular weight excluding hydrogens is 178 g/mol. The minimum absolute atomic E-state index is 0.0835. The molecule has 0 bridgehead atoms. The molecule has 1 aliphatic rings. The molecular formula is C10H17N3O. The minimum Gasteiger partial charge on any atom is -0.382 e. The predicted molar refractivity (Wildman–Crippen MR) is 55.2 cm³/mol. The molecule has 0 saturated carbocycles. The van der Waals surface area contributed by atoms with Crippen molar-refractivity contribution in [3.63, 3.8) is 0 Å². The molecule has 0 radical (unpaired) electrons. The van der Waals surface area contributed by atoms with Crippen LogP contribution in [0.4, 0.5) is 5.82 Å². The molecule has 0 amide bonds. The third-order valence-electron chi connectivity index (χ3n) is 2.49. The number of ether oxygens (including phenoxy) is 1. The molecule has 1 aromatic rings. The van der Waals surface area contributed by atoms with E-state index >= 15 is 0 Å². The van der Waals surface area contributed by atoms with Gasteiger partial charge in [0.2, 0.25) is 0 Å². The van der Waals surface area contributed by atoms with Gasteiger partial charge in [0.25, 0.3) is 0 Å². The quantitative estimate of drug-likeness (QED) is 0.735. The minimum atomic E-state index is 0.0835. The second-order valence-electron chi connectivity index (χ2n) is 4.84. The second-order valence-corrected chi connectivity index (χ2v) is 4.84. The number of hydrogen-bond donors (Lipinski definition) is 1. The van der Waals surface area contributed by atoms with Crippen molar-refractivity contribution < 1.29 is 4.74 Å². The van der Waals surface area contributed by atoms with Crippen LogP contribution in [-0.2, 0) is 10.2 Å². The lowest BCUT2D eigenvalue weighted by molar-refractivity contribution is -0.0306. The molecule has 0 atom stereocenters. The molecule has 1 aromatic heterocycles. The highest BCUT2D eigenvalue weighted by Gasteiger charge is 2.28. The Morgan fingerprint density at radius 3 is 2.57 bits per heavy atom. The van der Waals surface area contributed by atoms with Crippen molar-refractivity contribution in [1.82, 2.24) is 9.78 Å². The zero-order valence-electron chi connectivity index (χ0n) is 8.95. The van der Waals surface area contributed by atoms with E-state index in [2.05, 4.69) is 25.9 Å². The Bertz CT molecular complexity index is 334. The van der Waals surface area contributed by atoms with Gasteiger partial charge < -0.3 is 10.5 Å². The average Bonchev–Trinajstić information content (AvgIpc) is 2.26. The fourth-order valence-corrected chi connectivity index (χ4v) is 1.62. The maximum atomic E-state index is 5.72. The Morgan fingerprint density at radius 2 is 2.14 bits per heavy atom. The van der Waals surface area contributed by atoms with E-state index in [4.69, 9.17) is 10.5 Å². The number of nitrogens with two attached hydrogens (primary N) is 1. The van der Waals surface area contributed by atoms with Crippen molar-refractivity contribution >= 4 is 5.82 Å². The number of nitrogen functional groups attached to an aromatic ring is 1. The van der Waals surface area contributed by atoms with Gasteiger partial charge in [-0.3, -0.25) is 4.68 Å². The van der Waals surface area contributed by atoms with E-state index in [1.54, 1.807) is 0 Å². The van der Waals surface area contributed by atoms with E-state index in [1.165, 1.54) is 5.69 Å². The third-order valence-corrected chi connectivity index (χ3v) is 2.49. The summed E-state index contributed by atoms with van der Waals surface area (Å²) in [6.07, 6.45) is 0. The largest absolute Gasteiger partial charge is 0.382 e. The molecule has 14 heavy (non-hydrogen) atoms. The van der Waals surface area contributed by atoms with Crippen LogP contribution in [0.15, 0.2) is 6.07 Å². The topological polar surface area (TPSA) is 53.1 Å². The molecule has 78 valence electrons. The van der Waals surface area contributed by atoms with E-state index < -0.39 is 0 Å². The monoisotopic (exact) mass is 195 g/mol. The van der Waals surface area contributed by atoms with Gasteiger partial charge in [-0.2, -0.15) is 5.10 Å². The first-order valence-corrected chi connectivity index (χ1v) is 4.92. The van der Waals surface area contributed by atoms with Crippen molar-refractivity contribution in [2.45, 2.75) is 32.2 Å². The van der Waals surface area contributed by atoms with Gasteiger partial charge in [-0.05, 0) is 0 Å². The van der Waals surface area contributed by atoms with Crippen LogP contribution in [-0.4, -0.2) is 23.0 Å². The number of aromatic nitrogens is 2. The van der Waals surface area contributed by atoms with Gasteiger partial charge in [-0.25, -0.2) is 0 Å². The SMILES string of the molecule is CC(C)(C)c1cc(N)nn1C1COC1. The Labute approximate surface area is 84.0 Å². The average molecular weight is 195 g/mol. The van der Waals surface area contributed by atoms with Crippen molar-refractivity contribution in [1.29, 1.82) is 0 Å². The van der Waals surface area contributed by atoms with Gasteiger partial charge in [0.1, 0.15) is 5.82 Å². The standard InChI is InChI=1S/C10H17N3O/c1-10(2,3)8-4-9(11)12-13(8)7-5-14-6-7/h4,7H,5-6H2,1-3H3,(H2,11,12). The highest BCUT2D eigenvalue weighted by Crippen LogP contribution is 2.28. The molecule has 4 nitrogen and oxygen atoms in total. The first-order chi connectivity index (χ1) is 6.48. The van der Waals surface area contributed by atoms with Crippen LogP contribution in [0.2, 0.25) is 0 Å². The summed E-state index contributed by atoms with van der Waals surface area (Å²) < 4.78 is 7.18. The zero-order chi connectivity index (χ0) is 10.3. The molecule has 1 fully saturated rings. The Morgan fingerprint density at radius 1 is 1.50 bits per heavy atom. The summed E-state index contributed by atoms with van der Waals surface area (Å²) >= 11 is 0. The number of rotatable bonds is 1. The van der Waals surface area contributed by atoms with Crippen LogP contribution in [0.25, 0.3) is 0 Å². The highest BCUT2D eigenvalue weighted by atomic mass is 16.5. The van der Waals surface area contributed by atoms with E-state index in [-0.39, 0.29) is 5.41 Å². The Kier molecular flexibility index (Phi) is 2.03. The van der Waals surface area contributed by atoms with Crippen LogP contribution in [0.5, 0.6) is 0 Å². The van der Waals surface area contributed by atoms with Gasteiger partial charge in [-0.1, -0.05) is 20.8 Å². The fourth-order valence-electron chi connectivity index (χ4n) is 1.62. The van der Waals surface area contributed by atoms with Crippen molar-refractivity contribution in [3.8, 4) is 0 Å². The van der Waals surface area contributed by atoms with Crippen LogP contribution >= 0.6 is 0 Å². The lowest BCUT2D eigenvalue weighted by atomic mass is 9.91. The van der Waals surface area contributed by atoms with Gasteiger partial charge in [0.05, 0.1) is 19.3 Å². The van der Waals surface area contributed by atoms with Crippen molar-refractivity contribution in [3.05, 3.63) is 11.8 Å². The van der Waals surface area contributed by atoms with Crippen LogP contribution in [0, 0.1) is 0 Å². The summed E-state index contributed by atoms with van der Waals surface area (Å²) in [4.78, 5) is 0. The van der Waals surface area contributed by atoms with E-state index in [1.807, 2.05) is 10.7 Å². The molecule has 0 aromatic carbocycles. The molecule has 1 aliphatic heterocycles. The molecule has 0 spiro atoms. The lowest BCUT2D eigenvalue weighted by Crippen LogP contribution is -2.34. The lowest BCUT2D eigenvalue weighted by Gasteiger charge is -2.31. The predicted octanol–water partition coefficient (Wildman–Crippen LogP) is 1.33. The smallest absolute Gasteiger partial charge is 0.145 e. The molecule has 1 saturated heterocycles. The molecule has 0 unspecified atom stereocenters. The van der Waals surface area contributed by atoms with Gasteiger partial charge in [0.15, 0.2) is 0 Å². The second kappa shape index (κ2) is 2.98. The summed E-state index contributed by atoms with van der Waals surface area (Å²) in [5, 5.41) is 4.31. The van der Waals surface area contributed by atoms with Crippen molar-refractivity contribution in [2.75, 3.05) is 18.9 Å². The first kappa shape index (κ1) is 9.52. The first-order valence-electron chi connectivity index (χ1n) is 4.92. The number of anilines is 1. The Hall–Kier alpha value is -1.03. The normalized spacial score (nSPS) is 18.2. The van der Waals surface area contributed by atoms with E-state index in [0.717, 1.165) is 13.2 Å². The molecule has 0 aliphatic carbocycles. The van der Waals surface area contributed by atoms with Gasteiger partial charge in [-0.15, -0.1) is 0 Å². The summed E-state index contributed by atoms with van der Waals surface area (Å²) in [7, 11) is 0. The van der Waals surface area contributed by atoms with Crippen LogP contribution in [0.3, 0.4) is 0 Å². The molecule has 4 heteroatoms. The van der Waals surface area contributed by atoms with Gasteiger partial charge in [0, 0.05) is 17.2 Å². The molecule has 2 rings (SSSR count). The zero-order valence-corrected chi connectivity index (χ0v) is 8.95. The van der Waals surface area contributed by atoms with Gasteiger partial charge >= 0.3 is 0 Å². The summed E-state index contributed by atoms with van der Waals surface area (Å²) in [5.74, 6) is 0.599. The maximum Gasteiger partial charge on any atom is 0.145 e. The fraction of sp³-hybridized carbons (Fsp3) is 0.700. The summed E-state index contributed by atoms with van der Waals surface area (Å²) in [6, 6.07) is 2.33. The Balaban J connectivity index is 2.37. The molecule has 2 heterocycles. The van der Waals surface area contributed by atoms with Crippen molar-refractivity contribution in [2.24, 2.45) is 0 Å². The van der Waals surface area contributed by atoms with Crippen LogP contribution < -0.4 is 5.73 Å². The van der Waals surface area contributed by atoms with E-state index in [9.17, 15) is 0 Å². The number of nitrogens with zero attached hydrogens (tertiary/aromatic N) is 2. The van der Waals surface area contributed by atoms with E-state index in [0.29, 0.717) is 11.9 Å². The third kappa shape index (κ3) is 1.50. The summed E-state index contributed by atoms with van der Waals surface area (Å²) in [6.45, 7) is 8.01. The maximum absolute atomic E-state index is 5.72. The number of hydrogen-bond acceptors (Lipinski definition) is 3. The van der Waals surface area contributed by atoms with Crippen LogP contribution in [0.1, 0.15) is 32.5 Å². The summed E-state index contributed by atoms with van der Waals surface area (Å²) in [5.41, 5.74) is 6.99.